The lowest BCUT2D eigenvalue weighted by atomic mass is 10.1. The van der Waals surface area contributed by atoms with E-state index in [2.05, 4.69) is 5.32 Å². The zero-order valence-corrected chi connectivity index (χ0v) is 15.9. The summed E-state index contributed by atoms with van der Waals surface area (Å²) in [4.78, 5) is 6.54. The third-order valence-electron chi connectivity index (χ3n) is 4.38. The Morgan fingerprint density at radius 2 is 1.68 bits per heavy atom. The van der Waals surface area contributed by atoms with Gasteiger partial charge in [0, 0.05) is 26.2 Å². The monoisotopic (exact) mass is 415 g/mol. The van der Waals surface area contributed by atoms with Gasteiger partial charge >= 0.3 is 6.18 Å². The highest BCUT2D eigenvalue weighted by molar-refractivity contribution is 7.92. The third kappa shape index (κ3) is 3.94. The largest absolute Gasteiger partial charge is 0.418 e. The number of hydrogen-bond acceptors (Lipinski definition) is 5. The van der Waals surface area contributed by atoms with Crippen LogP contribution in [0, 0.1) is 0 Å². The summed E-state index contributed by atoms with van der Waals surface area (Å²) in [7, 11) is -3.11. The molecule has 1 N–H and O–H groups in total. The number of piperazine rings is 1. The van der Waals surface area contributed by atoms with Gasteiger partial charge < -0.3 is 10.2 Å². The fourth-order valence-corrected chi connectivity index (χ4v) is 4.44. The number of nitrogens with one attached hydrogen (secondary N) is 1. The summed E-state index contributed by atoms with van der Waals surface area (Å²) in [6, 6.07) is 10.9. The van der Waals surface area contributed by atoms with Crippen molar-refractivity contribution in [2.24, 2.45) is 0 Å². The molecule has 0 aromatic heterocycles. The van der Waals surface area contributed by atoms with E-state index in [0.29, 0.717) is 30.6 Å². The van der Waals surface area contributed by atoms with Crippen molar-refractivity contribution in [1.82, 2.24) is 5.32 Å². The van der Waals surface area contributed by atoms with Crippen LogP contribution in [0.4, 0.5) is 24.5 Å². The van der Waals surface area contributed by atoms with Gasteiger partial charge in [0.1, 0.15) is 5.69 Å². The summed E-state index contributed by atoms with van der Waals surface area (Å²) < 4.78 is 67.8. The quantitative estimate of drug-likeness (QED) is 0.761. The number of hydrogen-bond donors (Lipinski definition) is 1. The van der Waals surface area contributed by atoms with Crippen molar-refractivity contribution >= 4 is 21.4 Å². The molecule has 152 valence electrons. The second-order valence-corrected chi connectivity index (χ2v) is 7.89. The van der Waals surface area contributed by atoms with Gasteiger partial charge in [0.25, 0.3) is 10.0 Å². The summed E-state index contributed by atoms with van der Waals surface area (Å²) >= 11 is 0. The van der Waals surface area contributed by atoms with Crippen molar-refractivity contribution in [2.45, 2.75) is 11.1 Å². The van der Waals surface area contributed by atoms with Gasteiger partial charge in [0.15, 0.2) is 0 Å². The van der Waals surface area contributed by atoms with Crippen LogP contribution in [0.2, 0.25) is 0 Å². The number of sulfonamides is 1. The number of anilines is 2. The molecule has 1 aliphatic rings. The summed E-state index contributed by atoms with van der Waals surface area (Å²) in [5.41, 5.74) is -1.29. The maximum Gasteiger partial charge on any atom is 0.418 e. The van der Waals surface area contributed by atoms with Crippen LogP contribution in [0.5, 0.6) is 0 Å². The molecule has 2 aromatic rings. The molecule has 0 radical (unpaired) electrons. The fourth-order valence-electron chi connectivity index (χ4n) is 3.14. The molecule has 0 aliphatic carbocycles. The molecule has 0 atom stereocenters. The number of rotatable bonds is 5. The van der Waals surface area contributed by atoms with Gasteiger partial charge in [0.05, 0.1) is 23.3 Å². The predicted octanol–water partition coefficient (Wildman–Crippen LogP) is 2.87. The van der Waals surface area contributed by atoms with E-state index >= 15 is 0 Å². The first-order chi connectivity index (χ1) is 13.3. The minimum atomic E-state index is -4.65. The zero-order chi connectivity index (χ0) is 20.4. The first-order valence-electron chi connectivity index (χ1n) is 8.57. The molecule has 0 saturated carbocycles. The normalized spacial score (nSPS) is 15.5. The van der Waals surface area contributed by atoms with Crippen molar-refractivity contribution < 1.29 is 26.4 Å². The summed E-state index contributed by atoms with van der Waals surface area (Å²) in [5, 5.41) is 3.08. The van der Waals surface area contributed by atoms with Crippen LogP contribution < -0.4 is 14.7 Å². The number of benzene rings is 2. The standard InChI is InChI=1S/C18H20F3N3O3S/c1-27-24(28(25,26)14-6-3-2-4-7-14)16-9-5-8-15(18(19,20)21)17(16)23-12-10-22-11-13-23/h2-9,22H,10-13H2,1H3. The van der Waals surface area contributed by atoms with Crippen molar-refractivity contribution in [1.29, 1.82) is 0 Å². The third-order valence-corrected chi connectivity index (χ3v) is 6.03. The van der Waals surface area contributed by atoms with Crippen LogP contribution in [0.1, 0.15) is 5.56 Å². The van der Waals surface area contributed by atoms with Crippen LogP contribution in [0.15, 0.2) is 53.4 Å². The molecule has 0 bridgehead atoms. The van der Waals surface area contributed by atoms with E-state index in [0.717, 1.165) is 13.2 Å². The second kappa shape index (κ2) is 7.98. The molecule has 1 aliphatic heterocycles. The van der Waals surface area contributed by atoms with Gasteiger partial charge in [-0.05, 0) is 24.3 Å². The van der Waals surface area contributed by atoms with Gasteiger partial charge in [-0.1, -0.05) is 24.3 Å². The van der Waals surface area contributed by atoms with Gasteiger partial charge in [-0.15, -0.1) is 4.47 Å². The van der Waals surface area contributed by atoms with E-state index in [4.69, 9.17) is 4.84 Å². The SMILES string of the molecule is CON(c1cccc(C(F)(F)F)c1N1CCNCC1)S(=O)(=O)c1ccccc1. The second-order valence-electron chi connectivity index (χ2n) is 6.14. The Hall–Kier alpha value is -2.30. The Kier molecular flexibility index (Phi) is 5.82. The molecule has 0 unspecified atom stereocenters. The van der Waals surface area contributed by atoms with E-state index in [1.165, 1.54) is 41.3 Å². The van der Waals surface area contributed by atoms with Crippen molar-refractivity contribution in [3.05, 3.63) is 54.1 Å². The molecule has 3 rings (SSSR count). The summed E-state index contributed by atoms with van der Waals surface area (Å²) in [6.45, 7) is 1.60. The molecule has 6 nitrogen and oxygen atoms in total. The topological polar surface area (TPSA) is 61.9 Å². The highest BCUT2D eigenvalue weighted by Crippen LogP contribution is 2.43. The van der Waals surface area contributed by atoms with E-state index in [1.54, 1.807) is 6.07 Å². The molecule has 1 fully saturated rings. The number of alkyl halides is 3. The lowest BCUT2D eigenvalue weighted by molar-refractivity contribution is -0.137. The first-order valence-corrected chi connectivity index (χ1v) is 10.0. The molecule has 1 heterocycles. The minimum Gasteiger partial charge on any atom is -0.367 e. The van der Waals surface area contributed by atoms with E-state index < -0.39 is 21.8 Å². The maximum absolute atomic E-state index is 13.7. The van der Waals surface area contributed by atoms with Crippen molar-refractivity contribution in [2.75, 3.05) is 42.7 Å². The lowest BCUT2D eigenvalue weighted by Crippen LogP contribution is -2.45. The average molecular weight is 415 g/mol. The summed E-state index contributed by atoms with van der Waals surface area (Å²) in [5.74, 6) is 0. The minimum absolute atomic E-state index is 0.0828. The van der Waals surface area contributed by atoms with Gasteiger partial charge in [-0.3, -0.25) is 4.84 Å². The van der Waals surface area contributed by atoms with Gasteiger partial charge in [-0.25, -0.2) is 0 Å². The highest BCUT2D eigenvalue weighted by atomic mass is 32.2. The molecule has 1 saturated heterocycles. The van der Waals surface area contributed by atoms with Crippen LogP contribution >= 0.6 is 0 Å². The smallest absolute Gasteiger partial charge is 0.367 e. The van der Waals surface area contributed by atoms with Crippen LogP contribution in [0.3, 0.4) is 0 Å². The number of para-hydroxylation sites is 1. The Bertz CT molecular complexity index is 915. The van der Waals surface area contributed by atoms with Gasteiger partial charge in [0.2, 0.25) is 0 Å². The van der Waals surface area contributed by atoms with Crippen molar-refractivity contribution in [3.8, 4) is 0 Å². The van der Waals surface area contributed by atoms with E-state index in [9.17, 15) is 21.6 Å². The Balaban J connectivity index is 2.19. The molecular weight excluding hydrogens is 395 g/mol. The lowest BCUT2D eigenvalue weighted by Gasteiger charge is -2.35. The highest BCUT2D eigenvalue weighted by Gasteiger charge is 2.39. The number of nitrogens with zero attached hydrogens (tertiary/aromatic N) is 2. The Morgan fingerprint density at radius 1 is 1.04 bits per heavy atom. The summed E-state index contributed by atoms with van der Waals surface area (Å²) in [6.07, 6.45) is -4.65. The predicted molar refractivity (Wildman–Crippen MR) is 99.6 cm³/mol. The zero-order valence-electron chi connectivity index (χ0n) is 15.1. The van der Waals surface area contributed by atoms with Crippen LogP contribution in [0.25, 0.3) is 0 Å². The molecule has 2 aromatic carbocycles. The average Bonchev–Trinajstić information content (AvgIpc) is 2.69. The molecule has 0 amide bonds. The molecule has 0 spiro atoms. The van der Waals surface area contributed by atoms with Crippen molar-refractivity contribution in [3.63, 3.8) is 0 Å². The number of halogens is 3. The Labute approximate surface area is 161 Å². The first kappa shape index (κ1) is 20.4. The van der Waals surface area contributed by atoms with Crippen LogP contribution in [-0.4, -0.2) is 41.7 Å². The fraction of sp³-hybridized carbons (Fsp3) is 0.333. The Morgan fingerprint density at radius 3 is 2.25 bits per heavy atom. The van der Waals surface area contributed by atoms with E-state index in [-0.39, 0.29) is 16.3 Å². The molecular formula is C18H20F3N3O3S. The van der Waals surface area contributed by atoms with E-state index in [1.807, 2.05) is 0 Å². The maximum atomic E-state index is 13.7. The molecule has 28 heavy (non-hydrogen) atoms. The van der Waals surface area contributed by atoms with Crippen LogP contribution in [-0.2, 0) is 21.0 Å². The van der Waals surface area contributed by atoms with Gasteiger partial charge in [-0.2, -0.15) is 21.6 Å². The molecule has 10 heteroatoms.